The molecule has 3 rings (SSSR count). The first-order chi connectivity index (χ1) is 13.1. The first-order valence-corrected chi connectivity index (χ1v) is 10.00. The van der Waals surface area contributed by atoms with Crippen molar-refractivity contribution in [2.75, 3.05) is 6.61 Å². The molecule has 6 heteroatoms. The number of rotatable bonds is 9. The van der Waals surface area contributed by atoms with Crippen LogP contribution in [0.4, 0.5) is 0 Å². The van der Waals surface area contributed by atoms with E-state index in [1.165, 1.54) is 11.3 Å². The number of aliphatic hydroxyl groups excluding tert-OH is 1. The Hall–Kier alpha value is -2.02. The molecule has 2 N–H and O–H groups in total. The van der Waals surface area contributed by atoms with E-state index in [4.69, 9.17) is 9.84 Å². The Balaban J connectivity index is 1.52. The molecule has 2 aromatic rings. The lowest BCUT2D eigenvalue weighted by Gasteiger charge is -2.19. The highest BCUT2D eigenvalue weighted by Crippen LogP contribution is 2.33. The van der Waals surface area contributed by atoms with Gasteiger partial charge >= 0.3 is 5.97 Å². The Morgan fingerprint density at radius 3 is 2.67 bits per heavy atom. The van der Waals surface area contributed by atoms with Crippen molar-refractivity contribution >= 4 is 23.1 Å². The van der Waals surface area contributed by atoms with Gasteiger partial charge < -0.3 is 14.9 Å². The van der Waals surface area contributed by atoms with Crippen molar-refractivity contribution in [2.24, 2.45) is 11.8 Å². The second kappa shape index (κ2) is 9.26. The van der Waals surface area contributed by atoms with Crippen LogP contribution in [0.25, 0.3) is 0 Å². The van der Waals surface area contributed by atoms with Crippen molar-refractivity contribution in [3.05, 3.63) is 57.3 Å². The van der Waals surface area contributed by atoms with Crippen LogP contribution in [-0.2, 0) is 29.2 Å². The molecular formula is C21H24O5S. The van der Waals surface area contributed by atoms with Crippen molar-refractivity contribution < 1.29 is 24.5 Å². The first-order valence-electron chi connectivity index (χ1n) is 9.18. The molecule has 0 saturated heterocycles. The van der Waals surface area contributed by atoms with Gasteiger partial charge in [-0.1, -0.05) is 24.3 Å². The number of benzene rings is 1. The number of thiophene rings is 1. The Morgan fingerprint density at radius 2 is 1.96 bits per heavy atom. The Morgan fingerprint density at radius 1 is 1.19 bits per heavy atom. The smallest absolute Gasteiger partial charge is 0.345 e. The number of ether oxygens (including phenoxy) is 1. The summed E-state index contributed by atoms with van der Waals surface area (Å²) in [6.07, 6.45) is 2.99. The maximum Gasteiger partial charge on any atom is 0.345 e. The molecule has 1 aliphatic carbocycles. The van der Waals surface area contributed by atoms with Crippen LogP contribution in [0.2, 0.25) is 0 Å². The zero-order chi connectivity index (χ0) is 19.2. The third-order valence-electron chi connectivity index (χ3n) is 5.21. The SMILES string of the molecule is O=C(O)c1ccc(COC[C@H]2CCC(=O)[C@@H]2CCc2ccccc2CO)s1. The number of ketones is 1. The highest BCUT2D eigenvalue weighted by Gasteiger charge is 2.34. The quantitative estimate of drug-likeness (QED) is 0.685. The number of aryl methyl sites for hydroxylation is 1. The van der Waals surface area contributed by atoms with Crippen LogP contribution in [-0.4, -0.2) is 28.6 Å². The van der Waals surface area contributed by atoms with Gasteiger partial charge in [-0.05, 0) is 48.4 Å². The van der Waals surface area contributed by atoms with Gasteiger partial charge in [-0.15, -0.1) is 11.3 Å². The second-order valence-corrected chi connectivity index (χ2v) is 8.09. The number of carboxylic acids is 1. The van der Waals surface area contributed by atoms with Gasteiger partial charge in [-0.3, -0.25) is 4.79 Å². The summed E-state index contributed by atoms with van der Waals surface area (Å²) >= 11 is 1.22. The van der Waals surface area contributed by atoms with E-state index in [-0.39, 0.29) is 18.4 Å². The molecule has 1 heterocycles. The number of hydrogen-bond donors (Lipinski definition) is 2. The monoisotopic (exact) mass is 388 g/mol. The Kier molecular flexibility index (Phi) is 6.77. The number of aromatic carboxylic acids is 1. The molecule has 1 fully saturated rings. The van der Waals surface area contributed by atoms with Gasteiger partial charge in [0.05, 0.1) is 19.8 Å². The van der Waals surface area contributed by atoms with Crippen LogP contribution in [0.3, 0.4) is 0 Å². The fraction of sp³-hybridized carbons (Fsp3) is 0.429. The van der Waals surface area contributed by atoms with Gasteiger partial charge in [0, 0.05) is 17.2 Å². The van der Waals surface area contributed by atoms with Gasteiger partial charge in [0.25, 0.3) is 0 Å². The number of carboxylic acid groups (broad SMARTS) is 1. The molecular weight excluding hydrogens is 364 g/mol. The summed E-state index contributed by atoms with van der Waals surface area (Å²) in [6, 6.07) is 11.2. The van der Waals surface area contributed by atoms with E-state index >= 15 is 0 Å². The fourth-order valence-corrected chi connectivity index (χ4v) is 4.51. The van der Waals surface area contributed by atoms with Crippen LogP contribution >= 0.6 is 11.3 Å². The van der Waals surface area contributed by atoms with Gasteiger partial charge in [0.15, 0.2) is 0 Å². The lowest BCUT2D eigenvalue weighted by atomic mass is 9.89. The highest BCUT2D eigenvalue weighted by molar-refractivity contribution is 7.13. The van der Waals surface area contributed by atoms with Crippen molar-refractivity contribution in [1.82, 2.24) is 0 Å². The van der Waals surface area contributed by atoms with E-state index in [0.29, 0.717) is 30.3 Å². The van der Waals surface area contributed by atoms with E-state index in [1.54, 1.807) is 12.1 Å². The average Bonchev–Trinajstić information content (AvgIpc) is 3.28. The molecule has 0 unspecified atom stereocenters. The minimum absolute atomic E-state index is 0.00494. The summed E-state index contributed by atoms with van der Waals surface area (Å²) in [7, 11) is 0. The second-order valence-electron chi connectivity index (χ2n) is 6.92. The number of hydrogen-bond acceptors (Lipinski definition) is 5. The summed E-state index contributed by atoms with van der Waals surface area (Å²) in [6.45, 7) is 0.904. The topological polar surface area (TPSA) is 83.8 Å². The van der Waals surface area contributed by atoms with Crippen LogP contribution in [0.1, 0.15) is 44.9 Å². The third-order valence-corrected chi connectivity index (χ3v) is 6.25. The maximum atomic E-state index is 12.3. The van der Waals surface area contributed by atoms with Crippen LogP contribution < -0.4 is 0 Å². The molecule has 0 spiro atoms. The zero-order valence-corrected chi connectivity index (χ0v) is 15.9. The highest BCUT2D eigenvalue weighted by atomic mass is 32.1. The molecule has 1 aromatic carbocycles. The fourth-order valence-electron chi connectivity index (χ4n) is 3.72. The number of carbonyl (C=O) groups is 2. The van der Waals surface area contributed by atoms with E-state index in [0.717, 1.165) is 35.3 Å². The molecule has 0 amide bonds. The molecule has 0 aliphatic heterocycles. The largest absolute Gasteiger partial charge is 0.477 e. The molecule has 1 aliphatic rings. The standard InChI is InChI=1S/C21H24O5S/c22-11-15-4-2-1-3-14(15)5-8-18-16(6-9-19(18)23)12-26-13-17-7-10-20(27-17)21(24)25/h1-4,7,10,16,18,22H,5-6,8-9,11-13H2,(H,24,25)/t16-,18-/m1/s1. The van der Waals surface area contributed by atoms with Gasteiger partial charge in [-0.25, -0.2) is 4.79 Å². The number of Topliss-reactive ketones (excluding diaryl/α,β-unsaturated/α-hetero) is 1. The Labute approximate surface area is 162 Å². The molecule has 1 saturated carbocycles. The van der Waals surface area contributed by atoms with Crippen LogP contribution in [0.15, 0.2) is 36.4 Å². The predicted molar refractivity (Wildman–Crippen MR) is 103 cm³/mol. The molecule has 0 bridgehead atoms. The lowest BCUT2D eigenvalue weighted by molar-refractivity contribution is -0.121. The van der Waals surface area contributed by atoms with E-state index in [2.05, 4.69) is 0 Å². The number of aliphatic hydroxyl groups is 1. The zero-order valence-electron chi connectivity index (χ0n) is 15.1. The predicted octanol–water partition coefficient (Wildman–Crippen LogP) is 3.68. The molecule has 27 heavy (non-hydrogen) atoms. The van der Waals surface area contributed by atoms with Crippen molar-refractivity contribution in [2.45, 2.75) is 38.9 Å². The van der Waals surface area contributed by atoms with Crippen molar-refractivity contribution in [3.8, 4) is 0 Å². The molecule has 0 radical (unpaired) electrons. The normalized spacial score (nSPS) is 19.5. The van der Waals surface area contributed by atoms with Crippen LogP contribution in [0, 0.1) is 11.8 Å². The van der Waals surface area contributed by atoms with Gasteiger partial charge in [0.1, 0.15) is 10.7 Å². The Bertz CT molecular complexity index is 797. The van der Waals surface area contributed by atoms with Crippen molar-refractivity contribution in [1.29, 1.82) is 0 Å². The summed E-state index contributed by atoms with van der Waals surface area (Å²) in [4.78, 5) is 24.4. The first kappa shape index (κ1) is 19.7. The van der Waals surface area contributed by atoms with E-state index in [1.807, 2.05) is 24.3 Å². The van der Waals surface area contributed by atoms with Crippen LogP contribution in [0.5, 0.6) is 0 Å². The average molecular weight is 388 g/mol. The maximum absolute atomic E-state index is 12.3. The van der Waals surface area contributed by atoms with Gasteiger partial charge in [0.2, 0.25) is 0 Å². The lowest BCUT2D eigenvalue weighted by Crippen LogP contribution is -2.20. The molecule has 5 nitrogen and oxygen atoms in total. The minimum atomic E-state index is -0.920. The molecule has 144 valence electrons. The minimum Gasteiger partial charge on any atom is -0.477 e. The van der Waals surface area contributed by atoms with Gasteiger partial charge in [-0.2, -0.15) is 0 Å². The van der Waals surface area contributed by atoms with E-state index < -0.39 is 5.97 Å². The molecule has 1 aromatic heterocycles. The van der Waals surface area contributed by atoms with Crippen molar-refractivity contribution in [3.63, 3.8) is 0 Å². The van der Waals surface area contributed by atoms with E-state index in [9.17, 15) is 14.7 Å². The number of carbonyl (C=O) groups excluding carboxylic acids is 1. The summed E-state index contributed by atoms with van der Waals surface area (Å²) in [5.41, 5.74) is 2.02. The molecule has 2 atom stereocenters. The summed E-state index contributed by atoms with van der Waals surface area (Å²) in [5.74, 6) is -0.419. The third kappa shape index (κ3) is 5.03. The summed E-state index contributed by atoms with van der Waals surface area (Å²) in [5, 5.41) is 18.4. The summed E-state index contributed by atoms with van der Waals surface area (Å²) < 4.78 is 5.80.